The van der Waals surface area contributed by atoms with E-state index in [2.05, 4.69) is 53.8 Å². The van der Waals surface area contributed by atoms with Crippen molar-refractivity contribution >= 4 is 29.4 Å². The number of nitro groups is 1. The Kier molecular flexibility index (Phi) is 5.66. The monoisotopic (exact) mass is 363 g/mol. The van der Waals surface area contributed by atoms with Crippen molar-refractivity contribution in [2.24, 2.45) is 5.10 Å². The fraction of sp³-hybridized carbons (Fsp3) is 0.0500. The third-order valence-electron chi connectivity index (χ3n) is 3.62. The normalized spacial score (nSPS) is 10.8. The number of nitrogens with one attached hydrogen (secondary N) is 1. The summed E-state index contributed by atoms with van der Waals surface area (Å²) >= 11 is 1.71. The first kappa shape index (κ1) is 17.7. The minimum Gasteiger partial charge on any atom is -0.278 e. The summed E-state index contributed by atoms with van der Waals surface area (Å²) in [6.07, 6.45) is 1.71. The van der Waals surface area contributed by atoms with Gasteiger partial charge in [0.25, 0.3) is 5.69 Å². The van der Waals surface area contributed by atoms with Gasteiger partial charge in [0.2, 0.25) is 0 Å². The lowest BCUT2D eigenvalue weighted by Crippen LogP contribution is -1.92. The van der Waals surface area contributed by atoms with Gasteiger partial charge in [0.1, 0.15) is 0 Å². The molecule has 0 bridgehead atoms. The van der Waals surface area contributed by atoms with Crippen LogP contribution in [0.3, 0.4) is 0 Å². The summed E-state index contributed by atoms with van der Waals surface area (Å²) in [6, 6.07) is 22.7. The first-order valence-electron chi connectivity index (χ1n) is 7.98. The van der Waals surface area contributed by atoms with E-state index in [1.807, 2.05) is 12.1 Å². The number of benzene rings is 3. The van der Waals surface area contributed by atoms with Crippen LogP contribution in [0.5, 0.6) is 0 Å². The zero-order valence-corrected chi connectivity index (χ0v) is 14.9. The molecule has 0 heterocycles. The van der Waals surface area contributed by atoms with Crippen LogP contribution in [0.4, 0.5) is 11.4 Å². The van der Waals surface area contributed by atoms with Crippen LogP contribution in [0.25, 0.3) is 0 Å². The molecule has 1 N–H and O–H groups in total. The maximum absolute atomic E-state index is 10.6. The highest BCUT2D eigenvalue weighted by Gasteiger charge is 2.03. The van der Waals surface area contributed by atoms with Gasteiger partial charge in [-0.15, -0.1) is 0 Å². The van der Waals surface area contributed by atoms with E-state index in [1.54, 1.807) is 30.1 Å². The predicted molar refractivity (Wildman–Crippen MR) is 106 cm³/mol. The van der Waals surface area contributed by atoms with E-state index < -0.39 is 4.92 Å². The van der Waals surface area contributed by atoms with Gasteiger partial charge in [-0.3, -0.25) is 15.5 Å². The second-order valence-electron chi connectivity index (χ2n) is 5.66. The Morgan fingerprint density at radius 1 is 0.923 bits per heavy atom. The zero-order chi connectivity index (χ0) is 18.4. The molecule has 130 valence electrons. The van der Waals surface area contributed by atoms with E-state index in [4.69, 9.17) is 0 Å². The Hall–Kier alpha value is -3.12. The summed E-state index contributed by atoms with van der Waals surface area (Å²) in [7, 11) is 0. The van der Waals surface area contributed by atoms with Crippen molar-refractivity contribution in [1.29, 1.82) is 0 Å². The molecule has 0 spiro atoms. The van der Waals surface area contributed by atoms with Gasteiger partial charge in [-0.1, -0.05) is 41.6 Å². The summed E-state index contributed by atoms with van der Waals surface area (Å²) in [5.41, 5.74) is 5.83. The summed E-state index contributed by atoms with van der Waals surface area (Å²) in [4.78, 5) is 12.6. The highest BCUT2D eigenvalue weighted by Crippen LogP contribution is 2.27. The van der Waals surface area contributed by atoms with Crippen LogP contribution < -0.4 is 5.43 Å². The number of nitro benzene ring substituents is 1. The van der Waals surface area contributed by atoms with Gasteiger partial charge in [-0.05, 0) is 48.9 Å². The Balaban J connectivity index is 1.57. The van der Waals surface area contributed by atoms with Crippen molar-refractivity contribution in [2.75, 3.05) is 5.43 Å². The minimum atomic E-state index is -0.427. The van der Waals surface area contributed by atoms with Gasteiger partial charge in [0, 0.05) is 21.9 Å². The number of nitrogens with zero attached hydrogens (tertiary/aromatic N) is 2. The van der Waals surface area contributed by atoms with Gasteiger partial charge in [-0.25, -0.2) is 0 Å². The summed E-state index contributed by atoms with van der Waals surface area (Å²) in [5.74, 6) is 0. The zero-order valence-electron chi connectivity index (χ0n) is 14.1. The van der Waals surface area contributed by atoms with E-state index in [1.165, 1.54) is 22.6 Å². The van der Waals surface area contributed by atoms with E-state index in [0.717, 1.165) is 10.5 Å². The smallest absolute Gasteiger partial charge is 0.269 e. The van der Waals surface area contributed by atoms with Crippen molar-refractivity contribution in [3.05, 3.63) is 94.0 Å². The molecule has 0 saturated heterocycles. The number of anilines is 1. The van der Waals surface area contributed by atoms with E-state index in [9.17, 15) is 10.1 Å². The molecule has 3 aromatic rings. The first-order valence-corrected chi connectivity index (χ1v) is 8.80. The van der Waals surface area contributed by atoms with E-state index >= 15 is 0 Å². The topological polar surface area (TPSA) is 67.5 Å². The fourth-order valence-electron chi connectivity index (χ4n) is 2.20. The maximum atomic E-state index is 10.6. The van der Waals surface area contributed by atoms with Crippen molar-refractivity contribution < 1.29 is 4.92 Å². The van der Waals surface area contributed by atoms with Crippen molar-refractivity contribution in [1.82, 2.24) is 0 Å². The highest BCUT2D eigenvalue weighted by atomic mass is 32.2. The second-order valence-corrected chi connectivity index (χ2v) is 6.81. The van der Waals surface area contributed by atoms with Crippen molar-refractivity contribution in [2.45, 2.75) is 16.7 Å². The Morgan fingerprint density at radius 2 is 1.50 bits per heavy atom. The van der Waals surface area contributed by atoms with Crippen LogP contribution in [0.2, 0.25) is 0 Å². The molecule has 0 amide bonds. The molecule has 3 aromatic carbocycles. The molecule has 0 aliphatic rings. The predicted octanol–water partition coefficient (Wildman–Crippen LogP) is 5.50. The number of hydrazone groups is 1. The lowest BCUT2D eigenvalue weighted by Gasteiger charge is -2.03. The third-order valence-corrected chi connectivity index (χ3v) is 4.64. The number of rotatable bonds is 6. The summed E-state index contributed by atoms with van der Waals surface area (Å²) in [6.45, 7) is 2.08. The van der Waals surface area contributed by atoms with E-state index in [-0.39, 0.29) is 5.69 Å². The molecule has 0 saturated carbocycles. The lowest BCUT2D eigenvalue weighted by atomic mass is 10.2. The molecule has 0 radical (unpaired) electrons. The van der Waals surface area contributed by atoms with Crippen LogP contribution in [-0.4, -0.2) is 11.1 Å². The number of hydrogen-bond acceptors (Lipinski definition) is 5. The molecule has 0 aliphatic heterocycles. The maximum Gasteiger partial charge on any atom is 0.269 e. The molecule has 0 unspecified atom stereocenters. The fourth-order valence-corrected chi connectivity index (χ4v) is 3.02. The average Bonchev–Trinajstić information content (AvgIpc) is 2.65. The van der Waals surface area contributed by atoms with Crippen LogP contribution in [0, 0.1) is 17.0 Å². The highest BCUT2D eigenvalue weighted by molar-refractivity contribution is 7.99. The van der Waals surface area contributed by atoms with Gasteiger partial charge >= 0.3 is 0 Å². The van der Waals surface area contributed by atoms with E-state index in [0.29, 0.717) is 5.69 Å². The molecule has 0 atom stereocenters. The average molecular weight is 363 g/mol. The largest absolute Gasteiger partial charge is 0.278 e. The molecular formula is C20H17N3O2S. The second kappa shape index (κ2) is 8.31. The van der Waals surface area contributed by atoms with Gasteiger partial charge in [-0.2, -0.15) is 5.10 Å². The number of hydrogen-bond donors (Lipinski definition) is 1. The molecule has 0 fully saturated rings. The lowest BCUT2D eigenvalue weighted by molar-refractivity contribution is -0.384. The molecule has 3 rings (SSSR count). The van der Waals surface area contributed by atoms with Crippen LogP contribution in [0.15, 0.2) is 87.7 Å². The number of aryl methyl sites for hydroxylation is 1. The summed E-state index contributed by atoms with van der Waals surface area (Å²) in [5, 5.41) is 14.8. The molecule has 5 nitrogen and oxygen atoms in total. The molecule has 6 heteroatoms. The molecular weight excluding hydrogens is 346 g/mol. The third kappa shape index (κ3) is 4.94. The quantitative estimate of drug-likeness (QED) is 0.357. The van der Waals surface area contributed by atoms with Crippen molar-refractivity contribution in [3.63, 3.8) is 0 Å². The minimum absolute atomic E-state index is 0.0567. The van der Waals surface area contributed by atoms with Crippen molar-refractivity contribution in [3.8, 4) is 0 Å². The van der Waals surface area contributed by atoms with Gasteiger partial charge in [0.05, 0.1) is 16.8 Å². The molecule has 0 aliphatic carbocycles. The van der Waals surface area contributed by atoms with Gasteiger partial charge < -0.3 is 0 Å². The van der Waals surface area contributed by atoms with Crippen LogP contribution >= 0.6 is 11.8 Å². The number of non-ortho nitro benzene ring substituents is 1. The summed E-state index contributed by atoms with van der Waals surface area (Å²) < 4.78 is 0. The molecule has 26 heavy (non-hydrogen) atoms. The van der Waals surface area contributed by atoms with Crippen LogP contribution in [-0.2, 0) is 0 Å². The Morgan fingerprint density at radius 3 is 2.08 bits per heavy atom. The standard InChI is InChI=1S/C20H17N3O2S/c1-15-2-10-19(11-3-15)26-20-12-4-16(5-13-20)14-21-22-17-6-8-18(9-7-17)23(24)25/h2-14,22H,1H3/b21-14-. The SMILES string of the molecule is Cc1ccc(Sc2ccc(/C=N\Nc3ccc([N+](=O)[O-])cc3)cc2)cc1. The van der Waals surface area contributed by atoms with Crippen LogP contribution in [0.1, 0.15) is 11.1 Å². The first-order chi connectivity index (χ1) is 12.6. The van der Waals surface area contributed by atoms with Gasteiger partial charge in [0.15, 0.2) is 0 Å². The Bertz CT molecular complexity index is 905. The molecule has 0 aromatic heterocycles. The Labute approximate surface area is 155 Å².